The predicted molar refractivity (Wildman–Crippen MR) is 62.6 cm³/mol. The molecule has 0 spiro atoms. The van der Waals surface area contributed by atoms with E-state index in [0.29, 0.717) is 18.3 Å². The molecule has 0 aliphatic rings. The first-order valence-electron chi connectivity index (χ1n) is 5.56. The Morgan fingerprint density at radius 1 is 1.31 bits per heavy atom. The molecule has 0 saturated carbocycles. The van der Waals surface area contributed by atoms with Gasteiger partial charge in [0, 0.05) is 0 Å². The summed E-state index contributed by atoms with van der Waals surface area (Å²) < 4.78 is 10.1. The first-order chi connectivity index (χ1) is 7.63. The zero-order chi connectivity index (χ0) is 12.0. The number of para-hydroxylation sites is 1. The summed E-state index contributed by atoms with van der Waals surface area (Å²) in [5, 5.41) is 0. The van der Waals surface area contributed by atoms with Gasteiger partial charge in [-0.25, -0.2) is 4.79 Å². The standard InChI is InChI=1S/C13H18O3/c1-4-11-7-5-6-8-12(11)16-13(14)15-9-10(2)3/h5-8,10H,4,9H2,1-3H3. The number of carbonyl (C=O) groups excluding carboxylic acids is 1. The fourth-order valence-electron chi connectivity index (χ4n) is 1.25. The van der Waals surface area contributed by atoms with E-state index in [1.54, 1.807) is 6.07 Å². The van der Waals surface area contributed by atoms with Crippen LogP contribution < -0.4 is 4.74 Å². The number of hydrogen-bond acceptors (Lipinski definition) is 3. The van der Waals surface area contributed by atoms with E-state index >= 15 is 0 Å². The van der Waals surface area contributed by atoms with E-state index in [0.717, 1.165) is 12.0 Å². The monoisotopic (exact) mass is 222 g/mol. The zero-order valence-electron chi connectivity index (χ0n) is 10.0. The van der Waals surface area contributed by atoms with Crippen molar-refractivity contribution in [3.8, 4) is 5.75 Å². The van der Waals surface area contributed by atoms with E-state index in [4.69, 9.17) is 9.47 Å². The largest absolute Gasteiger partial charge is 0.513 e. The van der Waals surface area contributed by atoms with Gasteiger partial charge < -0.3 is 9.47 Å². The molecule has 0 aliphatic heterocycles. The molecule has 16 heavy (non-hydrogen) atoms. The van der Waals surface area contributed by atoms with Gasteiger partial charge in [-0.2, -0.15) is 0 Å². The van der Waals surface area contributed by atoms with Crippen LogP contribution in [-0.2, 0) is 11.2 Å². The van der Waals surface area contributed by atoms with Crippen LogP contribution in [0.4, 0.5) is 4.79 Å². The van der Waals surface area contributed by atoms with E-state index in [1.807, 2.05) is 39.0 Å². The highest BCUT2D eigenvalue weighted by Crippen LogP contribution is 2.18. The highest BCUT2D eigenvalue weighted by atomic mass is 16.7. The molecule has 1 aromatic carbocycles. The summed E-state index contributed by atoms with van der Waals surface area (Å²) in [6, 6.07) is 7.47. The van der Waals surface area contributed by atoms with Crippen molar-refractivity contribution in [2.45, 2.75) is 27.2 Å². The molecule has 0 amide bonds. The fraction of sp³-hybridized carbons (Fsp3) is 0.462. The third kappa shape index (κ3) is 3.93. The minimum Gasteiger partial charge on any atom is -0.434 e. The van der Waals surface area contributed by atoms with Crippen molar-refractivity contribution < 1.29 is 14.3 Å². The molecule has 88 valence electrons. The lowest BCUT2D eigenvalue weighted by Crippen LogP contribution is -2.14. The molecular formula is C13H18O3. The average molecular weight is 222 g/mol. The summed E-state index contributed by atoms with van der Waals surface area (Å²) in [5.74, 6) is 0.896. The third-order valence-electron chi connectivity index (χ3n) is 2.08. The lowest BCUT2D eigenvalue weighted by molar-refractivity contribution is 0.0882. The lowest BCUT2D eigenvalue weighted by atomic mass is 10.1. The number of ether oxygens (including phenoxy) is 2. The number of rotatable bonds is 4. The Morgan fingerprint density at radius 2 is 2.00 bits per heavy atom. The number of carbonyl (C=O) groups is 1. The summed E-state index contributed by atoms with van der Waals surface area (Å²) in [4.78, 5) is 11.3. The van der Waals surface area contributed by atoms with E-state index in [-0.39, 0.29) is 0 Å². The maximum absolute atomic E-state index is 11.3. The third-order valence-corrected chi connectivity index (χ3v) is 2.08. The van der Waals surface area contributed by atoms with Crippen LogP contribution in [0.1, 0.15) is 26.3 Å². The molecule has 0 atom stereocenters. The van der Waals surface area contributed by atoms with E-state index < -0.39 is 6.16 Å². The van der Waals surface area contributed by atoms with Crippen LogP contribution in [-0.4, -0.2) is 12.8 Å². The van der Waals surface area contributed by atoms with Gasteiger partial charge in [-0.05, 0) is 24.0 Å². The summed E-state index contributed by atoms with van der Waals surface area (Å²) in [6.45, 7) is 6.36. The van der Waals surface area contributed by atoms with Crippen molar-refractivity contribution in [3.63, 3.8) is 0 Å². The Hall–Kier alpha value is -1.51. The second-order valence-corrected chi connectivity index (χ2v) is 4.02. The Kier molecular flexibility index (Phi) is 4.83. The Labute approximate surface area is 96.4 Å². The van der Waals surface area contributed by atoms with Crippen LogP contribution in [0.25, 0.3) is 0 Å². The molecule has 0 N–H and O–H groups in total. The van der Waals surface area contributed by atoms with Crippen LogP contribution in [0.2, 0.25) is 0 Å². The second kappa shape index (κ2) is 6.16. The van der Waals surface area contributed by atoms with Crippen molar-refractivity contribution in [2.24, 2.45) is 5.92 Å². The highest BCUT2D eigenvalue weighted by Gasteiger charge is 2.09. The van der Waals surface area contributed by atoms with Gasteiger partial charge in [0.05, 0.1) is 6.61 Å². The van der Waals surface area contributed by atoms with Gasteiger partial charge in [0.1, 0.15) is 5.75 Å². The quantitative estimate of drug-likeness (QED) is 0.578. The van der Waals surface area contributed by atoms with Gasteiger partial charge in [0.15, 0.2) is 0 Å². The lowest BCUT2D eigenvalue weighted by Gasteiger charge is -2.09. The van der Waals surface area contributed by atoms with Crippen LogP contribution in [0.15, 0.2) is 24.3 Å². The summed E-state index contributed by atoms with van der Waals surface area (Å²) in [6.07, 6.45) is 0.197. The Balaban J connectivity index is 2.55. The van der Waals surface area contributed by atoms with Crippen LogP contribution in [0.5, 0.6) is 5.75 Å². The van der Waals surface area contributed by atoms with Gasteiger partial charge in [0.2, 0.25) is 0 Å². The molecule has 0 heterocycles. The van der Waals surface area contributed by atoms with Gasteiger partial charge in [0.25, 0.3) is 0 Å². The summed E-state index contributed by atoms with van der Waals surface area (Å²) in [7, 11) is 0. The molecule has 0 unspecified atom stereocenters. The summed E-state index contributed by atoms with van der Waals surface area (Å²) in [5.41, 5.74) is 1.00. The molecule has 0 aliphatic carbocycles. The van der Waals surface area contributed by atoms with Gasteiger partial charge in [-0.3, -0.25) is 0 Å². The molecule has 0 fully saturated rings. The molecule has 0 radical (unpaired) electrons. The zero-order valence-corrected chi connectivity index (χ0v) is 10.0. The summed E-state index contributed by atoms with van der Waals surface area (Å²) >= 11 is 0. The van der Waals surface area contributed by atoms with Crippen molar-refractivity contribution in [3.05, 3.63) is 29.8 Å². The average Bonchev–Trinajstić information content (AvgIpc) is 2.27. The molecule has 0 bridgehead atoms. The molecule has 1 aromatic rings. The van der Waals surface area contributed by atoms with Crippen LogP contribution >= 0.6 is 0 Å². The first kappa shape index (κ1) is 12.6. The number of aryl methyl sites for hydroxylation is 1. The molecule has 3 nitrogen and oxygen atoms in total. The second-order valence-electron chi connectivity index (χ2n) is 4.02. The molecular weight excluding hydrogens is 204 g/mol. The molecule has 1 rings (SSSR count). The van der Waals surface area contributed by atoms with Gasteiger partial charge in [-0.15, -0.1) is 0 Å². The fourth-order valence-corrected chi connectivity index (χ4v) is 1.25. The molecule has 0 aromatic heterocycles. The van der Waals surface area contributed by atoms with Crippen LogP contribution in [0, 0.1) is 5.92 Å². The van der Waals surface area contributed by atoms with Gasteiger partial charge >= 0.3 is 6.16 Å². The molecule has 3 heteroatoms. The first-order valence-corrected chi connectivity index (χ1v) is 5.56. The Morgan fingerprint density at radius 3 is 2.62 bits per heavy atom. The Bertz CT molecular complexity index is 345. The number of benzene rings is 1. The van der Waals surface area contributed by atoms with Crippen molar-refractivity contribution in [1.29, 1.82) is 0 Å². The minimum atomic E-state index is -0.630. The predicted octanol–water partition coefficient (Wildman–Crippen LogP) is 3.42. The number of hydrogen-bond donors (Lipinski definition) is 0. The van der Waals surface area contributed by atoms with Gasteiger partial charge in [-0.1, -0.05) is 39.0 Å². The maximum atomic E-state index is 11.3. The SMILES string of the molecule is CCc1ccccc1OC(=O)OCC(C)C. The maximum Gasteiger partial charge on any atom is 0.513 e. The van der Waals surface area contributed by atoms with Crippen molar-refractivity contribution in [2.75, 3.05) is 6.61 Å². The molecule has 0 saturated heterocycles. The van der Waals surface area contributed by atoms with Crippen LogP contribution in [0.3, 0.4) is 0 Å². The van der Waals surface area contributed by atoms with Crippen molar-refractivity contribution in [1.82, 2.24) is 0 Å². The van der Waals surface area contributed by atoms with E-state index in [9.17, 15) is 4.79 Å². The normalized spacial score (nSPS) is 10.2. The topological polar surface area (TPSA) is 35.5 Å². The van der Waals surface area contributed by atoms with E-state index in [2.05, 4.69) is 0 Å². The minimum absolute atomic E-state index is 0.314. The highest BCUT2D eigenvalue weighted by molar-refractivity contribution is 5.64. The van der Waals surface area contributed by atoms with E-state index in [1.165, 1.54) is 0 Å². The smallest absolute Gasteiger partial charge is 0.434 e. The van der Waals surface area contributed by atoms with Crippen molar-refractivity contribution >= 4 is 6.16 Å².